The summed E-state index contributed by atoms with van der Waals surface area (Å²) in [6.45, 7) is 8.60. The van der Waals surface area contributed by atoms with Crippen LogP contribution in [-0.4, -0.2) is 69.6 Å². The molecule has 4 N–H and O–H groups in total. The highest BCUT2D eigenvalue weighted by atomic mass is 19.4. The van der Waals surface area contributed by atoms with E-state index in [1.807, 2.05) is 0 Å². The Bertz CT molecular complexity index is 1390. The Balaban J connectivity index is 1.66. The first-order chi connectivity index (χ1) is 20.0. The van der Waals surface area contributed by atoms with Crippen molar-refractivity contribution in [2.75, 3.05) is 6.54 Å². The molecule has 10 nitrogen and oxygen atoms in total. The van der Waals surface area contributed by atoms with Gasteiger partial charge in [0.25, 0.3) is 5.91 Å². The molecule has 3 rings (SSSR count). The molecular formula is C30H38F3N5O5. The molecule has 0 bridgehead atoms. The molecule has 234 valence electrons. The van der Waals surface area contributed by atoms with Crippen LogP contribution < -0.4 is 16.1 Å². The van der Waals surface area contributed by atoms with Gasteiger partial charge in [-0.1, -0.05) is 44.2 Å². The third-order valence-electron chi connectivity index (χ3n) is 7.15. The third-order valence-corrected chi connectivity index (χ3v) is 7.15. The quantitative estimate of drug-likeness (QED) is 0.324. The van der Waals surface area contributed by atoms with Crippen molar-refractivity contribution in [2.24, 2.45) is 11.3 Å². The second-order valence-electron chi connectivity index (χ2n) is 11.7. The summed E-state index contributed by atoms with van der Waals surface area (Å²) in [7, 11) is 0. The molecule has 1 aromatic carbocycles. The Morgan fingerprint density at radius 1 is 1.12 bits per heavy atom. The van der Waals surface area contributed by atoms with E-state index >= 15 is 0 Å². The molecule has 3 atom stereocenters. The lowest BCUT2D eigenvalue weighted by molar-refractivity contribution is -0.148. The predicted molar refractivity (Wildman–Crippen MR) is 154 cm³/mol. The summed E-state index contributed by atoms with van der Waals surface area (Å²) in [5.74, 6) is -2.91. The van der Waals surface area contributed by atoms with Crippen LogP contribution in [0.4, 0.5) is 13.2 Å². The second kappa shape index (κ2) is 13.5. The molecule has 0 aliphatic carbocycles. The maximum Gasteiger partial charge on any atom is 0.394 e. The van der Waals surface area contributed by atoms with Crippen LogP contribution in [0.1, 0.15) is 58.7 Å². The van der Waals surface area contributed by atoms with E-state index in [4.69, 9.17) is 0 Å². The van der Waals surface area contributed by atoms with Crippen LogP contribution in [-0.2, 0) is 25.6 Å². The number of alkyl halides is 3. The highest BCUT2D eigenvalue weighted by Crippen LogP contribution is 2.24. The molecule has 3 unspecified atom stereocenters. The smallest absolute Gasteiger partial charge is 0.394 e. The summed E-state index contributed by atoms with van der Waals surface area (Å²) >= 11 is 0. The van der Waals surface area contributed by atoms with Crippen LogP contribution in [0.3, 0.4) is 0 Å². The van der Waals surface area contributed by atoms with Gasteiger partial charge in [-0.25, -0.2) is 5.43 Å². The summed E-state index contributed by atoms with van der Waals surface area (Å²) in [5, 5.41) is 16.5. The van der Waals surface area contributed by atoms with E-state index < -0.39 is 59.8 Å². The summed E-state index contributed by atoms with van der Waals surface area (Å²) < 4.78 is 38.4. The van der Waals surface area contributed by atoms with Gasteiger partial charge in [-0.15, -0.1) is 0 Å². The summed E-state index contributed by atoms with van der Waals surface area (Å²) in [5.41, 5.74) is 2.52. The largest absolute Gasteiger partial charge is 0.480 e. The number of halogens is 3. The second-order valence-corrected chi connectivity index (χ2v) is 11.7. The normalized spacial score (nSPS) is 17.6. The molecule has 2 heterocycles. The van der Waals surface area contributed by atoms with E-state index in [2.05, 4.69) is 21.0 Å². The number of nitrogens with zero attached hydrogens (tertiary/aromatic N) is 2. The lowest BCUT2D eigenvalue weighted by Gasteiger charge is -2.34. The van der Waals surface area contributed by atoms with Gasteiger partial charge in [-0.3, -0.25) is 29.2 Å². The fourth-order valence-electron chi connectivity index (χ4n) is 4.55. The van der Waals surface area contributed by atoms with Gasteiger partial charge >= 0.3 is 12.1 Å². The Morgan fingerprint density at radius 2 is 1.79 bits per heavy atom. The van der Waals surface area contributed by atoms with E-state index in [0.29, 0.717) is 35.9 Å². The average Bonchev–Trinajstić information content (AvgIpc) is 2.92. The van der Waals surface area contributed by atoms with Crippen molar-refractivity contribution in [1.82, 2.24) is 26.1 Å². The minimum absolute atomic E-state index is 0.0912. The highest BCUT2D eigenvalue weighted by Gasteiger charge is 2.34. The maximum absolute atomic E-state index is 13.3. The number of carbonyl (C=O) groups is 4. The Morgan fingerprint density at radius 3 is 2.42 bits per heavy atom. The number of hydrazine groups is 1. The number of nitrogens with one attached hydrogen (secondary N) is 3. The fourth-order valence-corrected chi connectivity index (χ4v) is 4.55. The molecule has 43 heavy (non-hydrogen) atoms. The number of aromatic nitrogens is 1. The molecule has 0 radical (unpaired) electrons. The van der Waals surface area contributed by atoms with Crippen molar-refractivity contribution in [3.8, 4) is 0 Å². The van der Waals surface area contributed by atoms with Gasteiger partial charge in [0.1, 0.15) is 18.1 Å². The standard InChI is InChI=1S/C30H38F3N5O5/c1-17(2)24(25(39)34-18(3)26(40)38-14-6-7-22(37-38)27(41)42)36-28(43)29(4,5)13-12-19-8-9-20-10-11-21(16-30(31,32)33)35-23(20)15-19/h8-13,15,17-18,22,24,37H,6-7,14,16H2,1-5H3,(H,34,39)(H,36,43)(H,41,42). The Hall–Kier alpha value is -4.00. The van der Waals surface area contributed by atoms with Crippen molar-refractivity contribution in [1.29, 1.82) is 0 Å². The predicted octanol–water partition coefficient (Wildman–Crippen LogP) is 3.60. The van der Waals surface area contributed by atoms with E-state index in [-0.39, 0.29) is 11.6 Å². The van der Waals surface area contributed by atoms with E-state index in [9.17, 15) is 37.5 Å². The van der Waals surface area contributed by atoms with Gasteiger partial charge in [-0.2, -0.15) is 13.2 Å². The first-order valence-corrected chi connectivity index (χ1v) is 14.0. The van der Waals surface area contributed by atoms with E-state index in [0.717, 1.165) is 0 Å². The number of carboxylic acid groups (broad SMARTS) is 1. The van der Waals surface area contributed by atoms with Crippen molar-refractivity contribution < 1.29 is 37.5 Å². The number of benzene rings is 1. The first kappa shape index (κ1) is 33.5. The number of amides is 3. The topological polar surface area (TPSA) is 141 Å². The number of carbonyl (C=O) groups excluding carboxylic acids is 3. The molecular weight excluding hydrogens is 567 g/mol. The first-order valence-electron chi connectivity index (χ1n) is 14.0. The Kier molecular flexibility index (Phi) is 10.5. The molecule has 3 amide bonds. The van der Waals surface area contributed by atoms with Crippen molar-refractivity contribution in [3.63, 3.8) is 0 Å². The van der Waals surface area contributed by atoms with Gasteiger partial charge in [0.2, 0.25) is 11.8 Å². The van der Waals surface area contributed by atoms with Crippen LogP contribution in [0.25, 0.3) is 17.0 Å². The summed E-state index contributed by atoms with van der Waals surface area (Å²) in [6, 6.07) is 5.22. The van der Waals surface area contributed by atoms with Crippen molar-refractivity contribution >= 4 is 40.7 Å². The SMILES string of the molecule is CC(NC(=O)C(NC(=O)C(C)(C)C=Cc1ccc2ccc(CC(F)(F)F)nc2c1)C(C)C)C(=O)N1CCCC(C(=O)O)N1. The third kappa shape index (κ3) is 9.24. The molecule has 1 saturated heterocycles. The minimum atomic E-state index is -4.37. The number of carboxylic acids is 1. The summed E-state index contributed by atoms with van der Waals surface area (Å²) in [4.78, 5) is 54.7. The lowest BCUT2D eigenvalue weighted by atomic mass is 9.89. The van der Waals surface area contributed by atoms with Gasteiger partial charge in [-0.05, 0) is 57.2 Å². The van der Waals surface area contributed by atoms with Gasteiger partial charge in [0.15, 0.2) is 0 Å². The number of aliphatic carboxylic acids is 1. The van der Waals surface area contributed by atoms with E-state index in [1.54, 1.807) is 64.1 Å². The molecule has 1 aromatic heterocycles. The van der Waals surface area contributed by atoms with Crippen molar-refractivity contribution in [2.45, 2.75) is 78.2 Å². The summed E-state index contributed by atoms with van der Waals surface area (Å²) in [6.07, 6.45) is -1.33. The molecule has 0 saturated carbocycles. The zero-order valence-electron chi connectivity index (χ0n) is 24.8. The molecule has 1 aliphatic rings. The number of pyridine rings is 1. The molecule has 1 fully saturated rings. The van der Waals surface area contributed by atoms with Crippen LogP contribution in [0.2, 0.25) is 0 Å². The molecule has 13 heteroatoms. The zero-order chi connectivity index (χ0) is 32.1. The number of rotatable bonds is 10. The van der Waals surface area contributed by atoms with Gasteiger partial charge in [0, 0.05) is 11.9 Å². The number of fused-ring (bicyclic) bond motifs is 1. The van der Waals surface area contributed by atoms with Crippen LogP contribution in [0.5, 0.6) is 0 Å². The monoisotopic (exact) mass is 605 g/mol. The van der Waals surface area contributed by atoms with Gasteiger partial charge in [0.05, 0.1) is 23.0 Å². The van der Waals surface area contributed by atoms with Crippen LogP contribution in [0, 0.1) is 11.3 Å². The lowest BCUT2D eigenvalue weighted by Crippen LogP contribution is -2.61. The Labute approximate surface area is 248 Å². The highest BCUT2D eigenvalue weighted by molar-refractivity contribution is 5.94. The van der Waals surface area contributed by atoms with Crippen LogP contribution >= 0.6 is 0 Å². The molecule has 2 aromatic rings. The number of hydrogen-bond donors (Lipinski definition) is 4. The molecule has 1 aliphatic heterocycles. The fraction of sp³-hybridized carbons (Fsp3) is 0.500. The van der Waals surface area contributed by atoms with Crippen molar-refractivity contribution in [3.05, 3.63) is 47.7 Å². The average molecular weight is 606 g/mol. The maximum atomic E-state index is 13.3. The number of hydrogen-bond acceptors (Lipinski definition) is 6. The van der Waals surface area contributed by atoms with E-state index in [1.165, 1.54) is 18.0 Å². The molecule has 0 spiro atoms. The van der Waals surface area contributed by atoms with Crippen LogP contribution in [0.15, 0.2) is 36.4 Å². The van der Waals surface area contributed by atoms with Gasteiger partial charge < -0.3 is 15.7 Å². The zero-order valence-corrected chi connectivity index (χ0v) is 24.8. The minimum Gasteiger partial charge on any atom is -0.480 e.